The first-order valence-corrected chi connectivity index (χ1v) is 9.51. The average molecular weight is 375 g/mol. The molecule has 3 aromatic carbocycles. The Morgan fingerprint density at radius 2 is 1.41 bits per heavy atom. The zero-order valence-corrected chi connectivity index (χ0v) is 16.5. The van der Waals surface area contributed by atoms with E-state index in [2.05, 4.69) is 67.4 Å². The number of rotatable bonds is 3. The molecule has 29 heavy (non-hydrogen) atoms. The predicted octanol–water partition coefficient (Wildman–Crippen LogP) is 6.15. The summed E-state index contributed by atoms with van der Waals surface area (Å²) in [7, 11) is 0. The second kappa shape index (κ2) is 7.61. The quantitative estimate of drug-likeness (QED) is 0.467. The van der Waals surface area contributed by atoms with Crippen molar-refractivity contribution in [2.24, 2.45) is 0 Å². The number of aryl methyl sites for hydroxylation is 2. The Labute approximate surface area is 171 Å². The Hall–Kier alpha value is -3.90. The van der Waals surface area contributed by atoms with Crippen LogP contribution in [-0.4, -0.2) is 4.98 Å². The van der Waals surface area contributed by atoms with Crippen LogP contribution in [0.2, 0.25) is 0 Å². The van der Waals surface area contributed by atoms with Gasteiger partial charge < -0.3 is 5.73 Å². The van der Waals surface area contributed by atoms with Crippen molar-refractivity contribution in [3.63, 3.8) is 0 Å². The molecule has 2 N–H and O–H groups in total. The second-order valence-corrected chi connectivity index (χ2v) is 7.19. The van der Waals surface area contributed by atoms with Crippen LogP contribution in [0.1, 0.15) is 16.7 Å². The lowest BCUT2D eigenvalue weighted by Gasteiger charge is -2.13. The van der Waals surface area contributed by atoms with Crippen molar-refractivity contribution in [3.05, 3.63) is 95.6 Å². The van der Waals surface area contributed by atoms with E-state index in [1.807, 2.05) is 36.4 Å². The van der Waals surface area contributed by atoms with Crippen LogP contribution in [-0.2, 0) is 0 Å². The lowest BCUT2D eigenvalue weighted by molar-refractivity contribution is 1.28. The Balaban J connectivity index is 1.82. The largest absolute Gasteiger partial charge is 0.383 e. The van der Waals surface area contributed by atoms with E-state index < -0.39 is 0 Å². The van der Waals surface area contributed by atoms with Crippen LogP contribution in [0.4, 0.5) is 5.82 Å². The molecule has 0 saturated heterocycles. The van der Waals surface area contributed by atoms with Crippen LogP contribution < -0.4 is 5.73 Å². The van der Waals surface area contributed by atoms with Crippen molar-refractivity contribution in [2.45, 2.75) is 13.8 Å². The number of nitrogen functional groups attached to an aromatic ring is 1. The van der Waals surface area contributed by atoms with Crippen LogP contribution in [0.3, 0.4) is 0 Å². The van der Waals surface area contributed by atoms with Gasteiger partial charge >= 0.3 is 0 Å². The monoisotopic (exact) mass is 375 g/mol. The number of benzene rings is 3. The van der Waals surface area contributed by atoms with Crippen molar-refractivity contribution >= 4 is 5.82 Å². The summed E-state index contributed by atoms with van der Waals surface area (Å²) in [5, 5.41) is 9.68. The number of hydrogen-bond acceptors (Lipinski definition) is 3. The van der Waals surface area contributed by atoms with Gasteiger partial charge in [0.1, 0.15) is 17.5 Å². The second-order valence-electron chi connectivity index (χ2n) is 7.19. The summed E-state index contributed by atoms with van der Waals surface area (Å²) >= 11 is 0. The zero-order valence-electron chi connectivity index (χ0n) is 16.5. The van der Waals surface area contributed by atoms with Gasteiger partial charge in [-0.1, -0.05) is 78.4 Å². The lowest BCUT2D eigenvalue weighted by Crippen LogP contribution is -2.00. The van der Waals surface area contributed by atoms with E-state index in [9.17, 15) is 5.26 Å². The van der Waals surface area contributed by atoms with Gasteiger partial charge in [-0.05, 0) is 42.2 Å². The third-order valence-corrected chi connectivity index (χ3v) is 5.12. The van der Waals surface area contributed by atoms with Crippen molar-refractivity contribution in [1.82, 2.24) is 4.98 Å². The molecule has 3 nitrogen and oxygen atoms in total. The summed E-state index contributed by atoms with van der Waals surface area (Å²) < 4.78 is 0. The molecular weight excluding hydrogens is 354 g/mol. The minimum atomic E-state index is 0.257. The number of nitriles is 1. The van der Waals surface area contributed by atoms with E-state index in [0.717, 1.165) is 39.1 Å². The van der Waals surface area contributed by atoms with Crippen LogP contribution in [0.5, 0.6) is 0 Å². The molecule has 0 aliphatic rings. The number of nitrogens with zero attached hydrogens (tertiary/aromatic N) is 2. The molecule has 0 radical (unpaired) electrons. The van der Waals surface area contributed by atoms with E-state index in [-0.39, 0.29) is 5.82 Å². The van der Waals surface area contributed by atoms with E-state index >= 15 is 0 Å². The number of nitrogens with two attached hydrogens (primary N) is 1. The molecule has 3 heteroatoms. The molecular formula is C26H21N3. The molecule has 4 rings (SSSR count). The summed E-state index contributed by atoms with van der Waals surface area (Å²) in [6.07, 6.45) is 0. The standard InChI is InChI=1S/C26H21N3/c1-17-8-13-22(18(2)14-17)25-15-23(24(16-27)26(28)29-25)21-11-9-20(10-12-21)19-6-4-3-5-7-19/h3-15H,1-2H3,(H2,28,29). The first-order chi connectivity index (χ1) is 14.1. The molecule has 4 aromatic rings. The fraction of sp³-hybridized carbons (Fsp3) is 0.0769. The van der Waals surface area contributed by atoms with Gasteiger partial charge in [-0.15, -0.1) is 0 Å². The molecule has 0 aliphatic heterocycles. The van der Waals surface area contributed by atoms with Crippen molar-refractivity contribution in [3.8, 4) is 39.6 Å². The highest BCUT2D eigenvalue weighted by Crippen LogP contribution is 2.33. The molecule has 0 saturated carbocycles. The predicted molar refractivity (Wildman–Crippen MR) is 119 cm³/mol. The molecule has 1 aromatic heterocycles. The van der Waals surface area contributed by atoms with Crippen LogP contribution >= 0.6 is 0 Å². The van der Waals surface area contributed by atoms with E-state index in [0.29, 0.717) is 5.56 Å². The molecule has 0 spiro atoms. The van der Waals surface area contributed by atoms with Gasteiger partial charge in [-0.2, -0.15) is 5.26 Å². The number of aromatic nitrogens is 1. The van der Waals surface area contributed by atoms with Gasteiger partial charge in [0.25, 0.3) is 0 Å². The fourth-order valence-corrected chi connectivity index (χ4v) is 3.62. The molecule has 140 valence electrons. The van der Waals surface area contributed by atoms with Crippen molar-refractivity contribution in [2.75, 3.05) is 5.73 Å². The van der Waals surface area contributed by atoms with Gasteiger partial charge in [0.15, 0.2) is 0 Å². The first-order valence-electron chi connectivity index (χ1n) is 9.51. The maximum Gasteiger partial charge on any atom is 0.142 e. The fourth-order valence-electron chi connectivity index (χ4n) is 3.62. The number of pyridine rings is 1. The van der Waals surface area contributed by atoms with E-state index in [1.54, 1.807) is 0 Å². The third-order valence-electron chi connectivity index (χ3n) is 5.12. The Morgan fingerprint density at radius 3 is 2.07 bits per heavy atom. The average Bonchev–Trinajstić information content (AvgIpc) is 2.74. The highest BCUT2D eigenvalue weighted by Gasteiger charge is 2.14. The van der Waals surface area contributed by atoms with Gasteiger partial charge in [0.05, 0.1) is 5.69 Å². The highest BCUT2D eigenvalue weighted by atomic mass is 14.8. The summed E-state index contributed by atoms with van der Waals surface area (Å²) in [5.74, 6) is 0.257. The molecule has 1 heterocycles. The summed E-state index contributed by atoms with van der Waals surface area (Å²) in [6.45, 7) is 4.13. The van der Waals surface area contributed by atoms with Crippen LogP contribution in [0.25, 0.3) is 33.5 Å². The maximum atomic E-state index is 9.68. The maximum absolute atomic E-state index is 9.68. The Bertz CT molecular complexity index is 1220. The van der Waals surface area contributed by atoms with Gasteiger partial charge in [0, 0.05) is 11.1 Å². The molecule has 0 unspecified atom stereocenters. The smallest absolute Gasteiger partial charge is 0.142 e. The van der Waals surface area contributed by atoms with Gasteiger partial charge in [0.2, 0.25) is 0 Å². The molecule has 0 aliphatic carbocycles. The van der Waals surface area contributed by atoms with Gasteiger partial charge in [-0.3, -0.25) is 0 Å². The third kappa shape index (κ3) is 3.61. The zero-order chi connectivity index (χ0) is 20.4. The van der Waals surface area contributed by atoms with E-state index in [1.165, 1.54) is 5.56 Å². The molecule has 0 amide bonds. The molecule has 0 fully saturated rings. The lowest BCUT2D eigenvalue weighted by atomic mass is 9.95. The Morgan fingerprint density at radius 1 is 0.759 bits per heavy atom. The number of hydrogen-bond donors (Lipinski definition) is 1. The molecule has 0 bridgehead atoms. The van der Waals surface area contributed by atoms with E-state index in [4.69, 9.17) is 5.73 Å². The highest BCUT2D eigenvalue weighted by molar-refractivity contribution is 5.82. The topological polar surface area (TPSA) is 62.7 Å². The minimum Gasteiger partial charge on any atom is -0.383 e. The summed E-state index contributed by atoms with van der Waals surface area (Å²) in [4.78, 5) is 4.51. The van der Waals surface area contributed by atoms with Crippen molar-refractivity contribution in [1.29, 1.82) is 5.26 Å². The summed E-state index contributed by atoms with van der Waals surface area (Å²) in [6, 6.07) is 28.8. The number of anilines is 1. The normalized spacial score (nSPS) is 10.5. The molecule has 0 atom stereocenters. The Kier molecular flexibility index (Phi) is 4.85. The van der Waals surface area contributed by atoms with Gasteiger partial charge in [-0.25, -0.2) is 4.98 Å². The van der Waals surface area contributed by atoms with Crippen molar-refractivity contribution < 1.29 is 0 Å². The summed E-state index contributed by atoms with van der Waals surface area (Å²) in [5.41, 5.74) is 14.7. The van der Waals surface area contributed by atoms with Crippen LogP contribution in [0.15, 0.2) is 78.9 Å². The SMILES string of the molecule is Cc1ccc(-c2cc(-c3ccc(-c4ccccc4)cc3)c(C#N)c(N)n2)c(C)c1. The van der Waals surface area contributed by atoms with Crippen LogP contribution in [0, 0.1) is 25.2 Å². The minimum absolute atomic E-state index is 0.257. The first kappa shape index (κ1) is 18.5.